The first-order valence-corrected chi connectivity index (χ1v) is 6.77. The normalized spacial score (nSPS) is 11.4. The van der Waals surface area contributed by atoms with Crippen LogP contribution in [-0.4, -0.2) is 23.7 Å². The molecule has 2 rings (SSSR count). The third-order valence-electron chi connectivity index (χ3n) is 2.27. The number of aromatic nitrogens is 2. The summed E-state index contributed by atoms with van der Waals surface area (Å²) in [6.45, 7) is 1.60. The number of benzene rings is 1. The van der Waals surface area contributed by atoms with Crippen molar-refractivity contribution in [2.45, 2.75) is 11.8 Å². The summed E-state index contributed by atoms with van der Waals surface area (Å²) in [4.78, 5) is 0.0618. The molecule has 0 spiro atoms. The van der Waals surface area contributed by atoms with Crippen molar-refractivity contribution >= 4 is 27.3 Å². The first kappa shape index (κ1) is 12.7. The first-order valence-electron chi connectivity index (χ1n) is 4.91. The third kappa shape index (κ3) is 2.41. The zero-order valence-electron chi connectivity index (χ0n) is 9.31. The average molecular weight is 288 g/mol. The lowest BCUT2D eigenvalue weighted by atomic mass is 10.3. The highest BCUT2D eigenvalue weighted by Gasteiger charge is 2.18. The summed E-state index contributed by atoms with van der Waals surface area (Å²) in [5.74, 6) is -0.112. The molecule has 0 amide bonds. The maximum atomic E-state index is 12.0. The van der Waals surface area contributed by atoms with E-state index in [1.807, 2.05) is 0 Å². The smallest absolute Gasteiger partial charge is 0.265 e. The molecular formula is C10H10ClN3O3S. The van der Waals surface area contributed by atoms with E-state index in [4.69, 9.17) is 11.6 Å². The van der Waals surface area contributed by atoms with Gasteiger partial charge in [-0.3, -0.25) is 9.82 Å². The number of sulfonamides is 1. The van der Waals surface area contributed by atoms with Crippen molar-refractivity contribution in [1.82, 2.24) is 10.2 Å². The van der Waals surface area contributed by atoms with Crippen LogP contribution >= 0.6 is 11.6 Å². The van der Waals surface area contributed by atoms with E-state index >= 15 is 0 Å². The number of H-pyrrole nitrogens is 1. The number of hydrogen-bond donors (Lipinski definition) is 3. The van der Waals surface area contributed by atoms with Gasteiger partial charge in [0.2, 0.25) is 0 Å². The van der Waals surface area contributed by atoms with Crippen LogP contribution in [-0.2, 0) is 10.0 Å². The predicted molar refractivity (Wildman–Crippen MR) is 67.3 cm³/mol. The molecule has 1 aromatic heterocycles. The highest BCUT2D eigenvalue weighted by molar-refractivity contribution is 7.92. The molecule has 0 saturated carbocycles. The molecule has 6 nitrogen and oxygen atoms in total. The molecule has 0 aliphatic carbocycles. The van der Waals surface area contributed by atoms with Crippen molar-refractivity contribution in [2.24, 2.45) is 0 Å². The minimum atomic E-state index is -3.71. The summed E-state index contributed by atoms with van der Waals surface area (Å²) in [5, 5.41) is 15.5. The molecule has 0 aliphatic heterocycles. The molecule has 0 unspecified atom stereocenters. The monoisotopic (exact) mass is 287 g/mol. The van der Waals surface area contributed by atoms with E-state index < -0.39 is 10.0 Å². The van der Waals surface area contributed by atoms with Crippen LogP contribution in [0.15, 0.2) is 29.3 Å². The second kappa shape index (κ2) is 4.51. The van der Waals surface area contributed by atoms with Crippen LogP contribution in [0.4, 0.5) is 5.69 Å². The molecule has 0 atom stereocenters. The Kier molecular flexibility index (Phi) is 3.18. The molecule has 96 valence electrons. The molecular weight excluding hydrogens is 278 g/mol. The lowest BCUT2D eigenvalue weighted by Crippen LogP contribution is -2.13. The van der Waals surface area contributed by atoms with Gasteiger partial charge in [0, 0.05) is 0 Å². The van der Waals surface area contributed by atoms with Crippen LogP contribution in [0.3, 0.4) is 0 Å². The van der Waals surface area contributed by atoms with Crippen molar-refractivity contribution in [1.29, 1.82) is 0 Å². The summed E-state index contributed by atoms with van der Waals surface area (Å²) in [5.41, 5.74) is 0.700. The number of phenols is 1. The minimum absolute atomic E-state index is 0.0618. The number of nitrogens with zero attached hydrogens (tertiary/aromatic N) is 1. The van der Waals surface area contributed by atoms with E-state index in [1.165, 1.54) is 24.4 Å². The number of halogens is 1. The van der Waals surface area contributed by atoms with Crippen LogP contribution in [0.25, 0.3) is 0 Å². The van der Waals surface area contributed by atoms with Gasteiger partial charge in [0.15, 0.2) is 0 Å². The molecule has 0 radical (unpaired) electrons. The molecule has 0 bridgehead atoms. The van der Waals surface area contributed by atoms with Gasteiger partial charge < -0.3 is 5.11 Å². The van der Waals surface area contributed by atoms with Gasteiger partial charge in [-0.05, 0) is 25.1 Å². The quantitative estimate of drug-likeness (QED) is 0.751. The third-order valence-corrected chi connectivity index (χ3v) is 4.07. The number of anilines is 1. The van der Waals surface area contributed by atoms with E-state index in [0.717, 1.165) is 0 Å². The standard InChI is InChI=1S/C10H10ClN3O3S/c1-6-10(5-12-13-6)18(16,17)14-7-2-3-9(15)8(11)4-7/h2-5,14-15H,1H3,(H,12,13). The molecule has 0 saturated heterocycles. The molecule has 0 fully saturated rings. The molecule has 18 heavy (non-hydrogen) atoms. The maximum Gasteiger partial charge on any atom is 0.265 e. The zero-order valence-corrected chi connectivity index (χ0v) is 10.9. The molecule has 3 N–H and O–H groups in total. The highest BCUT2D eigenvalue weighted by atomic mass is 35.5. The topological polar surface area (TPSA) is 95.1 Å². The van der Waals surface area contributed by atoms with Gasteiger partial charge >= 0.3 is 0 Å². The van der Waals surface area contributed by atoms with E-state index in [9.17, 15) is 13.5 Å². The summed E-state index contributed by atoms with van der Waals surface area (Å²) >= 11 is 5.70. The van der Waals surface area contributed by atoms with Crippen LogP contribution in [0.5, 0.6) is 5.75 Å². The summed E-state index contributed by atoms with van der Waals surface area (Å²) in [6.07, 6.45) is 1.22. The summed E-state index contributed by atoms with van der Waals surface area (Å²) in [7, 11) is -3.71. The second-order valence-electron chi connectivity index (χ2n) is 3.63. The number of nitrogens with one attached hydrogen (secondary N) is 2. The summed E-state index contributed by atoms with van der Waals surface area (Å²) < 4.78 is 26.4. The van der Waals surface area contributed by atoms with Crippen LogP contribution in [0, 0.1) is 6.92 Å². The maximum absolute atomic E-state index is 12.0. The average Bonchev–Trinajstić information content (AvgIpc) is 2.70. The van der Waals surface area contributed by atoms with Gasteiger partial charge in [0.1, 0.15) is 10.6 Å². The van der Waals surface area contributed by atoms with Gasteiger partial charge in [-0.15, -0.1) is 0 Å². The van der Waals surface area contributed by atoms with Gasteiger partial charge in [-0.2, -0.15) is 5.10 Å². The number of phenolic OH excluding ortho intramolecular Hbond substituents is 1. The van der Waals surface area contributed by atoms with E-state index in [-0.39, 0.29) is 21.4 Å². The van der Waals surface area contributed by atoms with Crippen LogP contribution in [0.2, 0.25) is 5.02 Å². The van der Waals surface area contributed by atoms with Gasteiger partial charge in [-0.1, -0.05) is 11.6 Å². The lowest BCUT2D eigenvalue weighted by molar-refractivity contribution is 0.475. The Morgan fingerprint density at radius 1 is 1.44 bits per heavy atom. The first-order chi connectivity index (χ1) is 8.40. The summed E-state index contributed by atoms with van der Waals surface area (Å²) in [6, 6.07) is 4.04. The Morgan fingerprint density at radius 3 is 2.72 bits per heavy atom. The fourth-order valence-electron chi connectivity index (χ4n) is 1.39. The Labute approximate surface area is 109 Å². The van der Waals surface area contributed by atoms with Crippen molar-refractivity contribution in [3.63, 3.8) is 0 Å². The van der Waals surface area contributed by atoms with Gasteiger partial charge in [0.25, 0.3) is 10.0 Å². The van der Waals surface area contributed by atoms with Gasteiger partial charge in [-0.25, -0.2) is 8.42 Å². The van der Waals surface area contributed by atoms with E-state index in [1.54, 1.807) is 6.92 Å². The Hall–Kier alpha value is -1.73. The Balaban J connectivity index is 2.34. The van der Waals surface area contributed by atoms with Gasteiger partial charge in [0.05, 0.1) is 22.6 Å². The number of aromatic amines is 1. The van der Waals surface area contributed by atoms with Crippen molar-refractivity contribution in [2.75, 3.05) is 4.72 Å². The lowest BCUT2D eigenvalue weighted by Gasteiger charge is -2.07. The second-order valence-corrected chi connectivity index (χ2v) is 5.69. The molecule has 2 aromatic rings. The van der Waals surface area contributed by atoms with Crippen LogP contribution < -0.4 is 4.72 Å². The van der Waals surface area contributed by atoms with Crippen molar-refractivity contribution in [3.05, 3.63) is 35.1 Å². The fraction of sp³-hybridized carbons (Fsp3) is 0.100. The largest absolute Gasteiger partial charge is 0.506 e. The Bertz CT molecular complexity index is 681. The van der Waals surface area contributed by atoms with Crippen LogP contribution in [0.1, 0.15) is 5.69 Å². The minimum Gasteiger partial charge on any atom is -0.506 e. The number of aromatic hydroxyl groups is 1. The Morgan fingerprint density at radius 2 is 2.17 bits per heavy atom. The molecule has 1 aromatic carbocycles. The predicted octanol–water partition coefficient (Wildman–Crippen LogP) is 1.88. The molecule has 8 heteroatoms. The highest BCUT2D eigenvalue weighted by Crippen LogP contribution is 2.27. The van der Waals surface area contributed by atoms with E-state index in [2.05, 4.69) is 14.9 Å². The zero-order chi connectivity index (χ0) is 13.3. The molecule has 0 aliphatic rings. The SMILES string of the molecule is Cc1[nH]ncc1S(=O)(=O)Nc1ccc(O)c(Cl)c1. The number of aryl methyl sites for hydroxylation is 1. The van der Waals surface area contributed by atoms with Crippen molar-refractivity contribution in [3.8, 4) is 5.75 Å². The fourth-order valence-corrected chi connectivity index (χ4v) is 2.76. The molecule has 1 heterocycles. The van der Waals surface area contributed by atoms with Crippen molar-refractivity contribution < 1.29 is 13.5 Å². The number of hydrogen-bond acceptors (Lipinski definition) is 4. The number of rotatable bonds is 3. The van der Waals surface area contributed by atoms with E-state index in [0.29, 0.717) is 5.69 Å².